The summed E-state index contributed by atoms with van der Waals surface area (Å²) in [6.07, 6.45) is 0. The summed E-state index contributed by atoms with van der Waals surface area (Å²) in [6.45, 7) is 0.371. The highest BCUT2D eigenvalue weighted by Gasteiger charge is 2.50. The van der Waals surface area contributed by atoms with Gasteiger partial charge in [0.2, 0.25) is 6.79 Å². The molecule has 3 atom stereocenters. The maximum absolute atomic E-state index is 13.8. The summed E-state index contributed by atoms with van der Waals surface area (Å²) in [5.41, 5.74) is 2.25. The van der Waals surface area contributed by atoms with Crippen molar-refractivity contribution in [2.45, 2.75) is 12.0 Å². The molecule has 5 rings (SSSR count). The van der Waals surface area contributed by atoms with E-state index in [0.717, 1.165) is 16.8 Å². The molecule has 0 aromatic heterocycles. The average molecular weight is 475 g/mol. The number of hydrogen-bond donors (Lipinski definition) is 1. The minimum atomic E-state index is -0.967. The predicted octanol–water partition coefficient (Wildman–Crippen LogP) is 4.52. The standard InChI is InChI=1S/C27H26N2O6/c1-28(19-6-4-3-5-7-19)27(32)29-15-21(18-10-13-22-23(14-18)35-16-34-22)24(26(30)31)25(29)17-8-11-20(33-2)12-9-17/h3-14,21,24-25H,15-16H2,1-2H3,(H,30,31)/t21?,24-,25+/m0/s1. The maximum Gasteiger partial charge on any atom is 0.324 e. The number of amides is 2. The van der Waals surface area contributed by atoms with E-state index in [9.17, 15) is 14.7 Å². The number of carbonyl (C=O) groups excluding carboxylic acids is 1. The number of carbonyl (C=O) groups is 2. The van der Waals surface area contributed by atoms with Gasteiger partial charge >= 0.3 is 12.0 Å². The van der Waals surface area contributed by atoms with E-state index in [-0.39, 0.29) is 19.4 Å². The van der Waals surface area contributed by atoms with Gasteiger partial charge in [-0.15, -0.1) is 0 Å². The normalized spacial score (nSPS) is 20.5. The first kappa shape index (κ1) is 22.6. The van der Waals surface area contributed by atoms with E-state index >= 15 is 0 Å². The fourth-order valence-electron chi connectivity index (χ4n) is 4.96. The zero-order valence-electron chi connectivity index (χ0n) is 19.5. The first-order chi connectivity index (χ1) is 17.0. The first-order valence-electron chi connectivity index (χ1n) is 11.3. The zero-order valence-corrected chi connectivity index (χ0v) is 19.5. The summed E-state index contributed by atoms with van der Waals surface area (Å²) in [7, 11) is 3.28. The molecule has 0 saturated carbocycles. The lowest BCUT2D eigenvalue weighted by molar-refractivity contribution is -0.142. The topological polar surface area (TPSA) is 88.5 Å². The van der Waals surface area contributed by atoms with Gasteiger partial charge in [-0.1, -0.05) is 36.4 Å². The molecule has 0 radical (unpaired) electrons. The van der Waals surface area contributed by atoms with Gasteiger partial charge in [0.05, 0.1) is 19.1 Å². The number of hydrogen-bond acceptors (Lipinski definition) is 5. The molecule has 1 N–H and O–H groups in total. The van der Waals surface area contributed by atoms with Gasteiger partial charge in [0, 0.05) is 25.2 Å². The van der Waals surface area contributed by atoms with Crippen LogP contribution in [0.5, 0.6) is 17.2 Å². The van der Waals surface area contributed by atoms with E-state index in [4.69, 9.17) is 14.2 Å². The molecular weight excluding hydrogens is 448 g/mol. The number of para-hydroxylation sites is 1. The Labute approximate surface area is 203 Å². The molecule has 2 heterocycles. The summed E-state index contributed by atoms with van der Waals surface area (Å²) in [5.74, 6) is -0.406. The molecule has 3 aromatic rings. The fourth-order valence-corrected chi connectivity index (χ4v) is 4.96. The molecule has 35 heavy (non-hydrogen) atoms. The van der Waals surface area contributed by atoms with Crippen LogP contribution in [0.15, 0.2) is 72.8 Å². The number of carboxylic acid groups (broad SMARTS) is 1. The highest BCUT2D eigenvalue weighted by Crippen LogP contribution is 2.48. The third-order valence-electron chi connectivity index (χ3n) is 6.75. The lowest BCUT2D eigenvalue weighted by atomic mass is 9.83. The van der Waals surface area contributed by atoms with Crippen molar-refractivity contribution >= 4 is 17.7 Å². The second-order valence-corrected chi connectivity index (χ2v) is 8.63. The van der Waals surface area contributed by atoms with Crippen LogP contribution in [0.25, 0.3) is 0 Å². The number of anilines is 1. The van der Waals surface area contributed by atoms with Crippen molar-refractivity contribution < 1.29 is 28.9 Å². The number of likely N-dealkylation sites (tertiary alicyclic amines) is 1. The number of carboxylic acids is 1. The lowest BCUT2D eigenvalue weighted by Gasteiger charge is -2.31. The van der Waals surface area contributed by atoms with Crippen LogP contribution in [0.3, 0.4) is 0 Å². The zero-order chi connectivity index (χ0) is 24.5. The summed E-state index contributed by atoms with van der Waals surface area (Å²) < 4.78 is 16.2. The van der Waals surface area contributed by atoms with Crippen molar-refractivity contribution in [3.05, 3.63) is 83.9 Å². The summed E-state index contributed by atoms with van der Waals surface area (Å²) >= 11 is 0. The third kappa shape index (κ3) is 4.12. The molecule has 0 bridgehead atoms. The molecule has 2 aliphatic rings. The third-order valence-corrected chi connectivity index (χ3v) is 6.75. The highest BCUT2D eigenvalue weighted by atomic mass is 16.7. The van der Waals surface area contributed by atoms with Gasteiger partial charge in [-0.2, -0.15) is 0 Å². The van der Waals surface area contributed by atoms with E-state index in [0.29, 0.717) is 17.2 Å². The molecule has 3 aromatic carbocycles. The Morgan fingerprint density at radius 3 is 2.34 bits per heavy atom. The van der Waals surface area contributed by atoms with Crippen molar-refractivity contribution in [1.29, 1.82) is 0 Å². The number of nitrogens with zero attached hydrogens (tertiary/aromatic N) is 2. The molecule has 1 fully saturated rings. The Morgan fingerprint density at radius 2 is 1.66 bits per heavy atom. The molecule has 8 heteroatoms. The van der Waals surface area contributed by atoms with Crippen LogP contribution in [-0.2, 0) is 4.79 Å². The van der Waals surface area contributed by atoms with E-state index in [1.807, 2.05) is 54.6 Å². The number of ether oxygens (including phenoxy) is 3. The second-order valence-electron chi connectivity index (χ2n) is 8.63. The number of urea groups is 1. The van der Waals surface area contributed by atoms with Gasteiger partial charge in [0.1, 0.15) is 5.75 Å². The molecule has 2 aliphatic heterocycles. The fraction of sp³-hybridized carbons (Fsp3) is 0.259. The maximum atomic E-state index is 13.8. The summed E-state index contributed by atoms with van der Waals surface area (Å²) in [6, 6.07) is 21.0. The van der Waals surface area contributed by atoms with E-state index in [2.05, 4.69) is 0 Å². The van der Waals surface area contributed by atoms with Crippen molar-refractivity contribution in [2.75, 3.05) is 32.4 Å². The second kappa shape index (κ2) is 9.21. The van der Waals surface area contributed by atoms with Gasteiger partial charge in [-0.05, 0) is 47.5 Å². The summed E-state index contributed by atoms with van der Waals surface area (Å²) in [5, 5.41) is 10.4. The van der Waals surface area contributed by atoms with Crippen molar-refractivity contribution in [3.8, 4) is 17.2 Å². The number of benzene rings is 3. The predicted molar refractivity (Wildman–Crippen MR) is 129 cm³/mol. The van der Waals surface area contributed by atoms with E-state index in [1.54, 1.807) is 42.2 Å². The van der Waals surface area contributed by atoms with Gasteiger partial charge in [-0.25, -0.2) is 4.79 Å². The van der Waals surface area contributed by atoms with Gasteiger partial charge in [0.25, 0.3) is 0 Å². The number of fused-ring (bicyclic) bond motifs is 1. The van der Waals surface area contributed by atoms with Crippen LogP contribution in [-0.4, -0.2) is 49.5 Å². The monoisotopic (exact) mass is 474 g/mol. The van der Waals surface area contributed by atoms with Gasteiger partial charge in [0.15, 0.2) is 11.5 Å². The molecule has 1 unspecified atom stereocenters. The largest absolute Gasteiger partial charge is 0.497 e. The van der Waals surface area contributed by atoms with Crippen LogP contribution < -0.4 is 19.1 Å². The van der Waals surface area contributed by atoms with Crippen LogP contribution in [0, 0.1) is 5.92 Å². The number of aliphatic carboxylic acids is 1. The smallest absolute Gasteiger partial charge is 0.324 e. The van der Waals surface area contributed by atoms with Crippen molar-refractivity contribution in [3.63, 3.8) is 0 Å². The van der Waals surface area contributed by atoms with Gasteiger partial charge < -0.3 is 24.2 Å². The Kier molecular flexibility index (Phi) is 5.94. The minimum Gasteiger partial charge on any atom is -0.497 e. The Bertz CT molecular complexity index is 1230. The molecule has 0 aliphatic carbocycles. The number of methoxy groups -OCH3 is 1. The molecule has 180 valence electrons. The van der Waals surface area contributed by atoms with E-state index in [1.165, 1.54) is 0 Å². The highest BCUT2D eigenvalue weighted by molar-refractivity contribution is 5.93. The van der Waals surface area contributed by atoms with Gasteiger partial charge in [-0.3, -0.25) is 9.69 Å². The lowest BCUT2D eigenvalue weighted by Crippen LogP contribution is -2.42. The van der Waals surface area contributed by atoms with Crippen LogP contribution in [0.2, 0.25) is 0 Å². The molecule has 1 saturated heterocycles. The Hall–Kier alpha value is -4.20. The van der Waals surface area contributed by atoms with E-state index < -0.39 is 23.8 Å². The van der Waals surface area contributed by atoms with Crippen LogP contribution >= 0.6 is 0 Å². The van der Waals surface area contributed by atoms with Crippen LogP contribution in [0.1, 0.15) is 23.1 Å². The molecule has 8 nitrogen and oxygen atoms in total. The number of rotatable bonds is 5. The first-order valence-corrected chi connectivity index (χ1v) is 11.3. The Balaban J connectivity index is 1.57. The SMILES string of the molecule is COc1ccc([C@@H]2[C@@H](C(=O)O)C(c3ccc4c(c3)OCO4)CN2C(=O)N(C)c2ccccc2)cc1. The molecular formula is C27H26N2O6. The van der Waals surface area contributed by atoms with Crippen LogP contribution in [0.4, 0.5) is 10.5 Å². The minimum absolute atomic E-state index is 0.132. The average Bonchev–Trinajstić information content (AvgIpc) is 3.53. The molecule has 0 spiro atoms. The summed E-state index contributed by atoms with van der Waals surface area (Å²) in [4.78, 5) is 29.7. The molecule has 2 amide bonds. The van der Waals surface area contributed by atoms with Crippen molar-refractivity contribution in [1.82, 2.24) is 4.90 Å². The Morgan fingerprint density at radius 1 is 0.971 bits per heavy atom. The quantitative estimate of drug-likeness (QED) is 0.585. The van der Waals surface area contributed by atoms with Crippen molar-refractivity contribution in [2.24, 2.45) is 5.92 Å².